The smallest absolute Gasteiger partial charge is 0.159 e. The summed E-state index contributed by atoms with van der Waals surface area (Å²) in [6, 6.07) is 4.59. The highest BCUT2D eigenvalue weighted by Gasteiger charge is 2.40. The minimum Gasteiger partial charge on any atom is -0.309 e. The standard InChI is InChI=1S/C14H15F2N/c15-12-5-4-9(6-13(12)16)8-17-14-7-10-2-1-3-11(10)14/h1,3-6,10-11,14,17H,2,7-8H2. The fourth-order valence-electron chi connectivity index (χ4n) is 2.85. The lowest BCUT2D eigenvalue weighted by Gasteiger charge is -2.40. The lowest BCUT2D eigenvalue weighted by Crippen LogP contribution is -2.47. The van der Waals surface area contributed by atoms with Crippen LogP contribution in [-0.2, 0) is 6.54 Å². The lowest BCUT2D eigenvalue weighted by atomic mass is 9.71. The Morgan fingerprint density at radius 3 is 2.88 bits per heavy atom. The third-order valence-corrected chi connectivity index (χ3v) is 3.92. The van der Waals surface area contributed by atoms with E-state index in [1.807, 2.05) is 0 Å². The molecule has 1 aromatic carbocycles. The Kier molecular flexibility index (Phi) is 2.71. The van der Waals surface area contributed by atoms with Crippen molar-refractivity contribution in [3.63, 3.8) is 0 Å². The molecule has 0 aliphatic heterocycles. The number of nitrogens with one attached hydrogen (secondary N) is 1. The van der Waals surface area contributed by atoms with E-state index >= 15 is 0 Å². The van der Waals surface area contributed by atoms with Gasteiger partial charge in [-0.1, -0.05) is 18.2 Å². The van der Waals surface area contributed by atoms with Crippen LogP contribution in [0.25, 0.3) is 0 Å². The van der Waals surface area contributed by atoms with Crippen LogP contribution in [0, 0.1) is 23.5 Å². The highest BCUT2D eigenvalue weighted by atomic mass is 19.2. The van der Waals surface area contributed by atoms with Crippen LogP contribution < -0.4 is 5.32 Å². The van der Waals surface area contributed by atoms with Crippen LogP contribution in [0.2, 0.25) is 0 Å². The first-order chi connectivity index (χ1) is 8.24. The molecule has 3 rings (SSSR count). The first kappa shape index (κ1) is 10.9. The van der Waals surface area contributed by atoms with Crippen molar-refractivity contribution in [2.24, 2.45) is 11.8 Å². The molecule has 2 aliphatic carbocycles. The summed E-state index contributed by atoms with van der Waals surface area (Å²) in [5.74, 6) is -0.0783. The van der Waals surface area contributed by atoms with Crippen LogP contribution >= 0.6 is 0 Å². The van der Waals surface area contributed by atoms with E-state index in [0.29, 0.717) is 18.5 Å². The van der Waals surface area contributed by atoms with E-state index in [1.54, 1.807) is 6.07 Å². The van der Waals surface area contributed by atoms with E-state index in [-0.39, 0.29) is 0 Å². The van der Waals surface area contributed by atoms with Crippen molar-refractivity contribution in [1.82, 2.24) is 5.32 Å². The second-order valence-corrected chi connectivity index (χ2v) is 4.97. The van der Waals surface area contributed by atoms with Crippen LogP contribution in [0.4, 0.5) is 8.78 Å². The molecule has 17 heavy (non-hydrogen) atoms. The van der Waals surface area contributed by atoms with Gasteiger partial charge in [0.1, 0.15) is 0 Å². The molecular weight excluding hydrogens is 220 g/mol. The molecule has 1 saturated carbocycles. The van der Waals surface area contributed by atoms with Crippen LogP contribution in [0.15, 0.2) is 30.4 Å². The first-order valence-corrected chi connectivity index (χ1v) is 6.08. The van der Waals surface area contributed by atoms with Crippen LogP contribution in [0.3, 0.4) is 0 Å². The summed E-state index contributed by atoms with van der Waals surface area (Å²) in [4.78, 5) is 0. The van der Waals surface area contributed by atoms with Crippen molar-refractivity contribution in [1.29, 1.82) is 0 Å². The summed E-state index contributed by atoms with van der Waals surface area (Å²) in [5, 5.41) is 3.41. The largest absolute Gasteiger partial charge is 0.309 e. The second-order valence-electron chi connectivity index (χ2n) is 4.97. The molecule has 0 aromatic heterocycles. The molecule has 0 bridgehead atoms. The predicted molar refractivity (Wildman–Crippen MR) is 62.3 cm³/mol. The highest BCUT2D eigenvalue weighted by Crippen LogP contribution is 2.42. The van der Waals surface area contributed by atoms with Crippen molar-refractivity contribution < 1.29 is 8.78 Å². The van der Waals surface area contributed by atoms with Gasteiger partial charge in [0, 0.05) is 12.6 Å². The van der Waals surface area contributed by atoms with Gasteiger partial charge in [0.2, 0.25) is 0 Å². The van der Waals surface area contributed by atoms with Gasteiger partial charge in [-0.2, -0.15) is 0 Å². The summed E-state index contributed by atoms with van der Waals surface area (Å²) in [5.41, 5.74) is 0.800. The quantitative estimate of drug-likeness (QED) is 0.794. The third-order valence-electron chi connectivity index (χ3n) is 3.92. The number of hydrogen-bond donors (Lipinski definition) is 1. The van der Waals surface area contributed by atoms with Crippen LogP contribution in [0.1, 0.15) is 18.4 Å². The van der Waals surface area contributed by atoms with Gasteiger partial charge in [-0.15, -0.1) is 0 Å². The van der Waals surface area contributed by atoms with Gasteiger partial charge in [-0.25, -0.2) is 8.78 Å². The van der Waals surface area contributed by atoms with Gasteiger partial charge in [-0.05, 0) is 42.4 Å². The number of hydrogen-bond acceptors (Lipinski definition) is 1. The minimum atomic E-state index is -0.781. The number of benzene rings is 1. The molecule has 1 nitrogen and oxygen atoms in total. The zero-order chi connectivity index (χ0) is 11.8. The lowest BCUT2D eigenvalue weighted by molar-refractivity contribution is 0.162. The molecule has 0 amide bonds. The molecule has 0 spiro atoms. The maximum absolute atomic E-state index is 13.0. The zero-order valence-electron chi connectivity index (χ0n) is 9.50. The zero-order valence-corrected chi connectivity index (χ0v) is 9.50. The maximum atomic E-state index is 13.0. The van der Waals surface area contributed by atoms with E-state index in [2.05, 4.69) is 17.5 Å². The van der Waals surface area contributed by atoms with Gasteiger partial charge in [0.05, 0.1) is 0 Å². The number of allylic oxidation sites excluding steroid dienone is 1. The molecule has 3 unspecified atom stereocenters. The highest BCUT2D eigenvalue weighted by molar-refractivity contribution is 5.19. The van der Waals surface area contributed by atoms with Crippen LogP contribution in [-0.4, -0.2) is 6.04 Å². The van der Waals surface area contributed by atoms with Crippen molar-refractivity contribution in [2.45, 2.75) is 25.4 Å². The van der Waals surface area contributed by atoms with Gasteiger partial charge < -0.3 is 5.32 Å². The normalized spacial score (nSPS) is 30.1. The molecule has 1 N–H and O–H groups in total. The van der Waals surface area contributed by atoms with Crippen LogP contribution in [0.5, 0.6) is 0 Å². The average Bonchev–Trinajstić information content (AvgIpc) is 2.66. The topological polar surface area (TPSA) is 12.0 Å². The van der Waals surface area contributed by atoms with Crippen molar-refractivity contribution >= 4 is 0 Å². The SMILES string of the molecule is Fc1ccc(CNC2CC3CC=CC32)cc1F. The third kappa shape index (κ3) is 2.00. The molecule has 3 heteroatoms. The van der Waals surface area contributed by atoms with Gasteiger partial charge in [0.15, 0.2) is 11.6 Å². The van der Waals surface area contributed by atoms with E-state index < -0.39 is 11.6 Å². The molecule has 90 valence electrons. The van der Waals surface area contributed by atoms with E-state index in [9.17, 15) is 8.78 Å². The van der Waals surface area contributed by atoms with Crippen molar-refractivity contribution in [2.75, 3.05) is 0 Å². The Morgan fingerprint density at radius 1 is 1.24 bits per heavy atom. The monoisotopic (exact) mass is 235 g/mol. The number of rotatable bonds is 3. The predicted octanol–water partition coefficient (Wildman–Crippen LogP) is 3.02. The Hall–Kier alpha value is -1.22. The van der Waals surface area contributed by atoms with Crippen molar-refractivity contribution in [3.8, 4) is 0 Å². The summed E-state index contributed by atoms with van der Waals surface area (Å²) >= 11 is 0. The van der Waals surface area contributed by atoms with Crippen molar-refractivity contribution in [3.05, 3.63) is 47.5 Å². The first-order valence-electron chi connectivity index (χ1n) is 6.08. The Labute approximate surface area is 99.5 Å². The van der Waals surface area contributed by atoms with Gasteiger partial charge in [0.25, 0.3) is 0 Å². The molecule has 0 saturated heterocycles. The molecule has 1 aromatic rings. The second kappa shape index (κ2) is 4.22. The molecule has 0 heterocycles. The average molecular weight is 235 g/mol. The minimum absolute atomic E-state index is 0.506. The summed E-state index contributed by atoms with van der Waals surface area (Å²) in [7, 11) is 0. The fourth-order valence-corrected chi connectivity index (χ4v) is 2.85. The molecule has 3 atom stereocenters. The summed E-state index contributed by atoms with van der Waals surface area (Å²) in [6.45, 7) is 0.610. The molecular formula is C14H15F2N. The maximum Gasteiger partial charge on any atom is 0.159 e. The summed E-state index contributed by atoms with van der Waals surface area (Å²) in [6.07, 6.45) is 6.92. The summed E-state index contributed by atoms with van der Waals surface area (Å²) < 4.78 is 25.7. The molecule has 1 fully saturated rings. The van der Waals surface area contributed by atoms with Gasteiger partial charge in [-0.3, -0.25) is 0 Å². The number of fused-ring (bicyclic) bond motifs is 1. The molecule has 0 radical (unpaired) electrons. The Balaban J connectivity index is 1.57. The number of halogens is 2. The Morgan fingerprint density at radius 2 is 2.12 bits per heavy atom. The Bertz CT molecular complexity index is 456. The van der Waals surface area contributed by atoms with E-state index in [4.69, 9.17) is 0 Å². The van der Waals surface area contributed by atoms with Gasteiger partial charge >= 0.3 is 0 Å². The van der Waals surface area contributed by atoms with E-state index in [0.717, 1.165) is 11.5 Å². The fraction of sp³-hybridized carbons (Fsp3) is 0.429. The molecule has 2 aliphatic rings. The van der Waals surface area contributed by atoms with E-state index in [1.165, 1.54) is 25.0 Å².